The third-order valence-corrected chi connectivity index (χ3v) is 4.43. The van der Waals surface area contributed by atoms with Crippen molar-refractivity contribution in [3.8, 4) is 5.75 Å². The lowest BCUT2D eigenvalue weighted by Crippen LogP contribution is -2.28. The molecule has 1 saturated heterocycles. The highest BCUT2D eigenvalue weighted by molar-refractivity contribution is 5.97. The number of amides is 1. The number of nitrogens with one attached hydrogen (secondary N) is 2. The summed E-state index contributed by atoms with van der Waals surface area (Å²) in [5.74, 6) is 0.516. The van der Waals surface area contributed by atoms with Gasteiger partial charge in [0.1, 0.15) is 5.75 Å². The molecule has 1 unspecified atom stereocenters. The number of ether oxygens (including phenoxy) is 1. The molecule has 6 nitrogen and oxygen atoms in total. The van der Waals surface area contributed by atoms with Crippen LogP contribution in [0.2, 0.25) is 0 Å². The summed E-state index contributed by atoms with van der Waals surface area (Å²) in [6.07, 6.45) is 3.82. The topological polar surface area (TPSA) is 79.6 Å². The Kier molecular flexibility index (Phi) is 2.92. The third-order valence-electron chi connectivity index (χ3n) is 4.43. The van der Waals surface area contributed by atoms with E-state index in [1.807, 2.05) is 6.07 Å². The summed E-state index contributed by atoms with van der Waals surface area (Å²) in [6, 6.07) is 4.89. The Labute approximate surface area is 123 Å². The largest absolute Gasteiger partial charge is 0.482 e. The van der Waals surface area contributed by atoms with Crippen molar-refractivity contribution in [3.05, 3.63) is 12.1 Å². The Bertz CT molecular complexity index is 585. The lowest BCUT2D eigenvalue weighted by molar-refractivity contribution is -0.118. The molecule has 1 aromatic rings. The van der Waals surface area contributed by atoms with E-state index in [0.29, 0.717) is 23.2 Å². The number of hydrogen-bond donors (Lipinski definition) is 3. The molecule has 1 saturated carbocycles. The number of benzene rings is 1. The molecule has 2 heterocycles. The maximum Gasteiger partial charge on any atom is 0.262 e. The van der Waals surface area contributed by atoms with Gasteiger partial charge in [-0.15, -0.1) is 0 Å². The summed E-state index contributed by atoms with van der Waals surface area (Å²) in [5, 5.41) is 6.33. The standard InChI is InChI=1S/C15H20N4O2/c16-11-5-14-13(18-15(20)8-21-14)6-12(11)17-9-3-4-19(7-9)10-1-2-10/h5-6,9-10,17H,1-4,7-8,16H2,(H,18,20). The van der Waals surface area contributed by atoms with Crippen molar-refractivity contribution < 1.29 is 9.53 Å². The molecule has 112 valence electrons. The van der Waals surface area contributed by atoms with Crippen LogP contribution in [0, 0.1) is 0 Å². The number of nitrogens with zero attached hydrogens (tertiary/aromatic N) is 1. The summed E-state index contributed by atoms with van der Waals surface area (Å²) < 4.78 is 5.37. The number of fused-ring (bicyclic) bond motifs is 1. The van der Waals surface area contributed by atoms with Crippen molar-refractivity contribution in [1.29, 1.82) is 0 Å². The van der Waals surface area contributed by atoms with E-state index in [9.17, 15) is 4.79 Å². The van der Waals surface area contributed by atoms with E-state index in [0.717, 1.165) is 31.2 Å². The summed E-state index contributed by atoms with van der Waals surface area (Å²) in [5.41, 5.74) is 8.33. The van der Waals surface area contributed by atoms with Crippen LogP contribution in [0.25, 0.3) is 0 Å². The van der Waals surface area contributed by atoms with E-state index in [4.69, 9.17) is 10.5 Å². The molecule has 6 heteroatoms. The van der Waals surface area contributed by atoms with Crippen LogP contribution in [0.3, 0.4) is 0 Å². The molecule has 4 N–H and O–H groups in total. The first kappa shape index (κ1) is 12.8. The van der Waals surface area contributed by atoms with Gasteiger partial charge in [0, 0.05) is 31.2 Å². The fraction of sp³-hybridized carbons (Fsp3) is 0.533. The second kappa shape index (κ2) is 4.80. The molecule has 1 aliphatic carbocycles. The number of likely N-dealkylation sites (tertiary alicyclic amines) is 1. The molecule has 3 aliphatic rings. The fourth-order valence-corrected chi connectivity index (χ4v) is 3.16. The van der Waals surface area contributed by atoms with E-state index in [2.05, 4.69) is 15.5 Å². The van der Waals surface area contributed by atoms with Crippen molar-refractivity contribution in [2.24, 2.45) is 0 Å². The molecule has 2 aliphatic heterocycles. The Morgan fingerprint density at radius 3 is 3.00 bits per heavy atom. The zero-order valence-corrected chi connectivity index (χ0v) is 11.9. The summed E-state index contributed by atoms with van der Waals surface area (Å²) >= 11 is 0. The maximum atomic E-state index is 11.4. The average Bonchev–Trinajstić information content (AvgIpc) is 3.21. The molecule has 0 radical (unpaired) electrons. The minimum Gasteiger partial charge on any atom is -0.482 e. The molecule has 1 amide bonds. The minimum absolute atomic E-state index is 0.0538. The number of carbonyl (C=O) groups excluding carboxylic acids is 1. The van der Waals surface area contributed by atoms with Crippen LogP contribution in [0.5, 0.6) is 5.75 Å². The first-order valence-corrected chi connectivity index (χ1v) is 7.56. The second-order valence-electron chi connectivity index (χ2n) is 6.13. The van der Waals surface area contributed by atoms with Crippen LogP contribution in [-0.4, -0.2) is 42.6 Å². The highest BCUT2D eigenvalue weighted by Gasteiger charge is 2.34. The van der Waals surface area contributed by atoms with Gasteiger partial charge < -0.3 is 21.1 Å². The van der Waals surface area contributed by atoms with E-state index >= 15 is 0 Å². The van der Waals surface area contributed by atoms with Crippen LogP contribution in [0.15, 0.2) is 12.1 Å². The number of rotatable bonds is 3. The van der Waals surface area contributed by atoms with Crippen molar-refractivity contribution in [2.75, 3.05) is 36.1 Å². The maximum absolute atomic E-state index is 11.4. The van der Waals surface area contributed by atoms with Gasteiger partial charge in [-0.2, -0.15) is 0 Å². The van der Waals surface area contributed by atoms with Gasteiger partial charge in [0.2, 0.25) is 0 Å². The third kappa shape index (κ3) is 2.51. The number of nitrogen functional groups attached to an aromatic ring is 1. The van der Waals surface area contributed by atoms with Crippen molar-refractivity contribution >= 4 is 23.0 Å². The lowest BCUT2D eigenvalue weighted by Gasteiger charge is -2.22. The molecule has 1 atom stereocenters. The van der Waals surface area contributed by atoms with Gasteiger partial charge in [-0.05, 0) is 25.3 Å². The number of hydrogen-bond acceptors (Lipinski definition) is 5. The average molecular weight is 288 g/mol. The summed E-state index contributed by atoms with van der Waals surface area (Å²) in [6.45, 7) is 2.29. The number of anilines is 3. The predicted octanol–water partition coefficient (Wildman–Crippen LogP) is 1.25. The van der Waals surface area contributed by atoms with Crippen molar-refractivity contribution in [3.63, 3.8) is 0 Å². The first-order valence-electron chi connectivity index (χ1n) is 7.56. The molecule has 2 fully saturated rings. The van der Waals surface area contributed by atoms with Gasteiger partial charge in [-0.1, -0.05) is 0 Å². The normalized spacial score (nSPS) is 25.1. The van der Waals surface area contributed by atoms with E-state index in [1.165, 1.54) is 12.8 Å². The molecule has 21 heavy (non-hydrogen) atoms. The number of carbonyl (C=O) groups is 1. The Hall–Kier alpha value is -1.95. The molecule has 0 bridgehead atoms. The zero-order chi connectivity index (χ0) is 14.4. The molecule has 0 spiro atoms. The van der Waals surface area contributed by atoms with Gasteiger partial charge in [-0.3, -0.25) is 9.69 Å². The first-order chi connectivity index (χ1) is 10.2. The number of nitrogens with two attached hydrogens (primary N) is 1. The predicted molar refractivity (Wildman–Crippen MR) is 81.6 cm³/mol. The minimum atomic E-state index is -0.126. The highest BCUT2D eigenvalue weighted by atomic mass is 16.5. The van der Waals surface area contributed by atoms with Gasteiger partial charge in [0.25, 0.3) is 5.91 Å². The molecule has 4 rings (SSSR count). The highest BCUT2D eigenvalue weighted by Crippen LogP contribution is 2.36. The fourth-order valence-electron chi connectivity index (χ4n) is 3.16. The zero-order valence-electron chi connectivity index (χ0n) is 11.9. The van der Waals surface area contributed by atoms with Gasteiger partial charge >= 0.3 is 0 Å². The van der Waals surface area contributed by atoms with E-state index in [1.54, 1.807) is 6.07 Å². The van der Waals surface area contributed by atoms with Crippen LogP contribution in [-0.2, 0) is 4.79 Å². The lowest BCUT2D eigenvalue weighted by atomic mass is 10.1. The summed E-state index contributed by atoms with van der Waals surface area (Å²) in [4.78, 5) is 13.9. The van der Waals surface area contributed by atoms with Crippen LogP contribution < -0.4 is 21.1 Å². The van der Waals surface area contributed by atoms with Crippen LogP contribution in [0.1, 0.15) is 19.3 Å². The molecule has 1 aromatic carbocycles. The quantitative estimate of drug-likeness (QED) is 0.729. The Morgan fingerprint density at radius 1 is 1.33 bits per heavy atom. The second-order valence-corrected chi connectivity index (χ2v) is 6.13. The van der Waals surface area contributed by atoms with Crippen molar-refractivity contribution in [1.82, 2.24) is 4.90 Å². The van der Waals surface area contributed by atoms with Crippen molar-refractivity contribution in [2.45, 2.75) is 31.3 Å². The Balaban J connectivity index is 1.49. The van der Waals surface area contributed by atoms with E-state index in [-0.39, 0.29) is 12.5 Å². The Morgan fingerprint density at radius 2 is 2.19 bits per heavy atom. The van der Waals surface area contributed by atoms with Gasteiger partial charge in [-0.25, -0.2) is 0 Å². The molecular weight excluding hydrogens is 268 g/mol. The smallest absolute Gasteiger partial charge is 0.262 e. The molecule has 0 aromatic heterocycles. The molecular formula is C15H20N4O2. The SMILES string of the molecule is Nc1cc2c(cc1NC1CCN(C3CC3)C1)NC(=O)CO2. The van der Waals surface area contributed by atoms with Crippen LogP contribution >= 0.6 is 0 Å². The monoisotopic (exact) mass is 288 g/mol. The summed E-state index contributed by atoms with van der Waals surface area (Å²) in [7, 11) is 0. The van der Waals surface area contributed by atoms with Gasteiger partial charge in [0.15, 0.2) is 6.61 Å². The van der Waals surface area contributed by atoms with E-state index < -0.39 is 0 Å². The van der Waals surface area contributed by atoms with Gasteiger partial charge in [0.05, 0.1) is 17.1 Å². The van der Waals surface area contributed by atoms with Crippen LogP contribution in [0.4, 0.5) is 17.1 Å².